The maximum Gasteiger partial charge on any atom is 0.319 e. The molecule has 0 aromatic rings. The Morgan fingerprint density at radius 1 is 1.57 bits per heavy atom. The Bertz CT molecular complexity index is 242. The van der Waals surface area contributed by atoms with Crippen molar-refractivity contribution in [1.29, 1.82) is 0 Å². The van der Waals surface area contributed by atoms with Crippen molar-refractivity contribution >= 4 is 12.0 Å². The number of carbonyl (C=O) groups excluding carboxylic acids is 1. The lowest BCUT2D eigenvalue weighted by Crippen LogP contribution is -2.53. The van der Waals surface area contributed by atoms with Gasteiger partial charge in [-0.25, -0.2) is 4.79 Å². The zero-order valence-electron chi connectivity index (χ0n) is 8.56. The molecule has 1 unspecified atom stereocenters. The Morgan fingerprint density at radius 2 is 2.21 bits per heavy atom. The van der Waals surface area contributed by atoms with Crippen LogP contribution in [0.5, 0.6) is 0 Å². The van der Waals surface area contributed by atoms with E-state index in [-0.39, 0.29) is 6.03 Å². The zero-order valence-corrected chi connectivity index (χ0v) is 8.56. The third-order valence-corrected chi connectivity index (χ3v) is 2.37. The first-order valence-electron chi connectivity index (χ1n) is 4.79. The number of carboxylic acid groups (broad SMARTS) is 1. The molecule has 1 fully saturated rings. The van der Waals surface area contributed by atoms with Gasteiger partial charge in [0.2, 0.25) is 0 Å². The monoisotopic (exact) mass is 200 g/mol. The summed E-state index contributed by atoms with van der Waals surface area (Å²) in [6, 6.07) is -0.0654. The van der Waals surface area contributed by atoms with E-state index in [9.17, 15) is 9.59 Å². The molecule has 1 atom stereocenters. The van der Waals surface area contributed by atoms with Gasteiger partial charge in [0.05, 0.1) is 5.92 Å². The summed E-state index contributed by atoms with van der Waals surface area (Å²) in [5, 5.41) is 8.86. The molecule has 1 heterocycles. The molecule has 2 amide bonds. The van der Waals surface area contributed by atoms with Crippen molar-refractivity contribution in [2.45, 2.75) is 13.3 Å². The van der Waals surface area contributed by atoms with Gasteiger partial charge in [-0.05, 0) is 6.42 Å². The second-order valence-corrected chi connectivity index (χ2v) is 3.64. The number of amides is 2. The highest BCUT2D eigenvalue weighted by molar-refractivity contribution is 5.79. The molecule has 0 bridgehead atoms. The molecule has 0 aromatic carbocycles. The molecule has 0 aliphatic carbocycles. The van der Waals surface area contributed by atoms with E-state index in [2.05, 4.69) is 0 Å². The van der Waals surface area contributed by atoms with Gasteiger partial charge in [0.25, 0.3) is 0 Å². The molecule has 1 aliphatic heterocycles. The third-order valence-electron chi connectivity index (χ3n) is 2.37. The van der Waals surface area contributed by atoms with Gasteiger partial charge in [-0.15, -0.1) is 0 Å². The average Bonchev–Trinajstić information content (AvgIpc) is 2.12. The summed E-state index contributed by atoms with van der Waals surface area (Å²) in [5.41, 5.74) is 0. The maximum absolute atomic E-state index is 11.5. The summed E-state index contributed by atoms with van der Waals surface area (Å²) >= 11 is 0. The molecule has 14 heavy (non-hydrogen) atoms. The molecular formula is C9H16N2O3. The molecule has 0 radical (unpaired) electrons. The topological polar surface area (TPSA) is 60.9 Å². The molecule has 80 valence electrons. The number of nitrogens with zero attached hydrogens (tertiary/aromatic N) is 2. The average molecular weight is 200 g/mol. The molecule has 5 heteroatoms. The molecule has 0 spiro atoms. The van der Waals surface area contributed by atoms with E-state index in [1.165, 1.54) is 4.90 Å². The number of hydrogen-bond donors (Lipinski definition) is 1. The van der Waals surface area contributed by atoms with Gasteiger partial charge in [-0.2, -0.15) is 0 Å². The minimum atomic E-state index is -0.828. The number of hydrogen-bond acceptors (Lipinski definition) is 2. The summed E-state index contributed by atoms with van der Waals surface area (Å²) in [6.07, 6.45) is 0.853. The zero-order chi connectivity index (χ0) is 10.7. The first-order valence-corrected chi connectivity index (χ1v) is 4.79. The van der Waals surface area contributed by atoms with Gasteiger partial charge in [0.1, 0.15) is 0 Å². The van der Waals surface area contributed by atoms with Crippen LogP contribution in [0.1, 0.15) is 13.3 Å². The Kier molecular flexibility index (Phi) is 3.33. The van der Waals surface area contributed by atoms with Crippen LogP contribution in [0.25, 0.3) is 0 Å². The fourth-order valence-electron chi connectivity index (χ4n) is 1.66. The second kappa shape index (κ2) is 4.30. The molecule has 1 saturated heterocycles. The highest BCUT2D eigenvalue weighted by Crippen LogP contribution is 2.13. The van der Waals surface area contributed by atoms with Crippen LogP contribution in [-0.2, 0) is 4.79 Å². The van der Waals surface area contributed by atoms with Crippen LogP contribution in [0.15, 0.2) is 0 Å². The lowest BCUT2D eigenvalue weighted by Gasteiger charge is -2.36. The fraction of sp³-hybridized carbons (Fsp3) is 0.778. The normalized spacial score (nSPS) is 22.7. The largest absolute Gasteiger partial charge is 0.481 e. The number of urea groups is 1. The Labute approximate surface area is 83.3 Å². The van der Waals surface area contributed by atoms with Crippen molar-refractivity contribution in [3.8, 4) is 0 Å². The number of carboxylic acids is 1. The van der Waals surface area contributed by atoms with Crippen molar-refractivity contribution in [1.82, 2.24) is 9.80 Å². The highest BCUT2D eigenvalue weighted by atomic mass is 16.4. The van der Waals surface area contributed by atoms with E-state index < -0.39 is 11.9 Å². The quantitative estimate of drug-likeness (QED) is 0.720. The Balaban J connectivity index is 2.66. The summed E-state index contributed by atoms with van der Waals surface area (Å²) in [6.45, 7) is 3.26. The molecule has 1 N–H and O–H groups in total. The van der Waals surface area contributed by atoms with Crippen molar-refractivity contribution in [2.75, 3.05) is 26.7 Å². The predicted molar refractivity (Wildman–Crippen MR) is 51.0 cm³/mol. The highest BCUT2D eigenvalue weighted by Gasteiger charge is 2.32. The van der Waals surface area contributed by atoms with E-state index in [1.54, 1.807) is 11.9 Å². The van der Waals surface area contributed by atoms with E-state index in [0.29, 0.717) is 19.6 Å². The first-order chi connectivity index (χ1) is 6.56. The number of carbonyl (C=O) groups is 2. The summed E-state index contributed by atoms with van der Waals surface area (Å²) in [5.74, 6) is -1.28. The van der Waals surface area contributed by atoms with E-state index in [0.717, 1.165) is 6.42 Å². The molecule has 1 aliphatic rings. The first kappa shape index (κ1) is 10.8. The second-order valence-electron chi connectivity index (χ2n) is 3.64. The van der Waals surface area contributed by atoms with Gasteiger partial charge < -0.3 is 14.9 Å². The Hall–Kier alpha value is -1.26. The van der Waals surface area contributed by atoms with Crippen LogP contribution in [-0.4, -0.2) is 53.6 Å². The summed E-state index contributed by atoms with van der Waals surface area (Å²) in [7, 11) is 1.64. The van der Waals surface area contributed by atoms with E-state index in [1.807, 2.05) is 6.92 Å². The molecule has 0 saturated carbocycles. The van der Waals surface area contributed by atoms with Crippen LogP contribution in [0.3, 0.4) is 0 Å². The van der Waals surface area contributed by atoms with Crippen LogP contribution in [0.4, 0.5) is 4.79 Å². The van der Waals surface area contributed by atoms with Gasteiger partial charge in [0.15, 0.2) is 0 Å². The van der Waals surface area contributed by atoms with Crippen molar-refractivity contribution < 1.29 is 14.7 Å². The summed E-state index contributed by atoms with van der Waals surface area (Å²) in [4.78, 5) is 25.4. The predicted octanol–water partition coefficient (Wildman–Crippen LogP) is 0.465. The van der Waals surface area contributed by atoms with E-state index in [4.69, 9.17) is 5.11 Å². The fourth-order valence-corrected chi connectivity index (χ4v) is 1.66. The lowest BCUT2D eigenvalue weighted by atomic mass is 10.1. The number of aliphatic carboxylic acids is 1. The third kappa shape index (κ3) is 2.16. The van der Waals surface area contributed by atoms with Crippen molar-refractivity contribution in [2.24, 2.45) is 5.92 Å². The standard InChI is InChI=1S/C9H16N2O3/c1-3-4-11-6-7(8(12)13)5-10(2)9(11)14/h7H,3-6H2,1-2H3,(H,12,13). The van der Waals surface area contributed by atoms with Crippen LogP contribution in [0.2, 0.25) is 0 Å². The summed E-state index contributed by atoms with van der Waals surface area (Å²) < 4.78 is 0. The lowest BCUT2D eigenvalue weighted by molar-refractivity contribution is -0.143. The van der Waals surface area contributed by atoms with Gasteiger partial charge in [0, 0.05) is 26.7 Å². The van der Waals surface area contributed by atoms with Crippen LogP contribution >= 0.6 is 0 Å². The molecular weight excluding hydrogens is 184 g/mol. The van der Waals surface area contributed by atoms with Gasteiger partial charge >= 0.3 is 12.0 Å². The van der Waals surface area contributed by atoms with Gasteiger partial charge in [-0.3, -0.25) is 4.79 Å². The minimum absolute atomic E-state index is 0.0654. The van der Waals surface area contributed by atoms with Gasteiger partial charge in [-0.1, -0.05) is 6.92 Å². The Morgan fingerprint density at radius 3 is 2.71 bits per heavy atom. The molecule has 0 aromatic heterocycles. The smallest absolute Gasteiger partial charge is 0.319 e. The van der Waals surface area contributed by atoms with Crippen LogP contribution < -0.4 is 0 Å². The minimum Gasteiger partial charge on any atom is -0.481 e. The van der Waals surface area contributed by atoms with Crippen molar-refractivity contribution in [3.63, 3.8) is 0 Å². The molecule has 1 rings (SSSR count). The van der Waals surface area contributed by atoms with E-state index >= 15 is 0 Å². The SMILES string of the molecule is CCCN1CC(C(=O)O)CN(C)C1=O. The number of rotatable bonds is 3. The molecule has 5 nitrogen and oxygen atoms in total. The van der Waals surface area contributed by atoms with Crippen molar-refractivity contribution in [3.05, 3.63) is 0 Å². The van der Waals surface area contributed by atoms with Crippen LogP contribution in [0, 0.1) is 5.92 Å². The maximum atomic E-state index is 11.5.